The van der Waals surface area contributed by atoms with Crippen LogP contribution in [-0.4, -0.2) is 16.0 Å². The monoisotopic (exact) mass is 209 g/mol. The van der Waals surface area contributed by atoms with Crippen LogP contribution in [0.2, 0.25) is 0 Å². The molecule has 0 saturated heterocycles. The van der Waals surface area contributed by atoms with Crippen molar-refractivity contribution in [2.75, 3.05) is 5.94 Å². The highest BCUT2D eigenvalue weighted by molar-refractivity contribution is 7.99. The molecule has 1 rings (SSSR count). The normalized spacial score (nSPS) is 11.7. The minimum Gasteiger partial charge on any atom is -0.385 e. The first-order chi connectivity index (χ1) is 6.04. The van der Waals surface area contributed by atoms with Gasteiger partial charge >= 0.3 is 6.18 Å². The second-order valence-electron chi connectivity index (χ2n) is 2.16. The van der Waals surface area contributed by atoms with E-state index in [9.17, 15) is 13.2 Å². The van der Waals surface area contributed by atoms with E-state index in [2.05, 4.69) is 4.98 Å². The molecule has 0 amide bonds. The van der Waals surface area contributed by atoms with E-state index < -0.39 is 11.7 Å². The zero-order valence-electron chi connectivity index (χ0n) is 6.38. The maximum atomic E-state index is 12.0. The van der Waals surface area contributed by atoms with E-state index in [1.807, 2.05) is 0 Å². The van der Waals surface area contributed by atoms with Crippen LogP contribution in [0.3, 0.4) is 0 Å². The Kier molecular flexibility index (Phi) is 3.16. The average Bonchev–Trinajstić information content (AvgIpc) is 2.04. The molecule has 1 aromatic rings. The first-order valence-electron chi connectivity index (χ1n) is 3.31. The van der Waals surface area contributed by atoms with E-state index in [-0.39, 0.29) is 5.94 Å². The Morgan fingerprint density at radius 2 is 2.08 bits per heavy atom. The molecule has 0 spiro atoms. The molecule has 1 heterocycles. The Labute approximate surface area is 76.8 Å². The van der Waals surface area contributed by atoms with Crippen LogP contribution in [0.4, 0.5) is 13.2 Å². The summed E-state index contributed by atoms with van der Waals surface area (Å²) in [7, 11) is 0. The number of halogens is 3. The molecule has 0 fully saturated rings. The van der Waals surface area contributed by atoms with Crippen molar-refractivity contribution in [2.24, 2.45) is 0 Å². The number of aliphatic hydroxyl groups excluding tert-OH is 1. The molecule has 2 nitrogen and oxygen atoms in total. The van der Waals surface area contributed by atoms with Crippen molar-refractivity contribution in [1.29, 1.82) is 0 Å². The number of thioether (sulfide) groups is 1. The number of aromatic nitrogens is 1. The van der Waals surface area contributed by atoms with Crippen molar-refractivity contribution >= 4 is 11.8 Å². The zero-order chi connectivity index (χ0) is 9.90. The van der Waals surface area contributed by atoms with Gasteiger partial charge in [0, 0.05) is 6.20 Å². The Morgan fingerprint density at radius 3 is 2.46 bits per heavy atom. The van der Waals surface area contributed by atoms with E-state index in [1.165, 1.54) is 6.07 Å². The van der Waals surface area contributed by atoms with Crippen molar-refractivity contribution in [2.45, 2.75) is 11.2 Å². The van der Waals surface area contributed by atoms with E-state index in [1.54, 1.807) is 0 Å². The van der Waals surface area contributed by atoms with Gasteiger partial charge in [-0.2, -0.15) is 13.2 Å². The van der Waals surface area contributed by atoms with Crippen LogP contribution in [0.1, 0.15) is 5.56 Å². The average molecular weight is 209 g/mol. The number of aliphatic hydroxyl groups is 1. The third-order valence-electron chi connectivity index (χ3n) is 1.28. The minimum absolute atomic E-state index is 0.196. The topological polar surface area (TPSA) is 33.1 Å². The Hall–Kier alpha value is -0.750. The van der Waals surface area contributed by atoms with Gasteiger partial charge < -0.3 is 5.11 Å². The van der Waals surface area contributed by atoms with Crippen LogP contribution in [-0.2, 0) is 6.18 Å². The van der Waals surface area contributed by atoms with Gasteiger partial charge in [-0.3, -0.25) is 0 Å². The zero-order valence-corrected chi connectivity index (χ0v) is 7.19. The molecule has 0 radical (unpaired) electrons. The van der Waals surface area contributed by atoms with E-state index in [4.69, 9.17) is 5.11 Å². The van der Waals surface area contributed by atoms with Gasteiger partial charge in [0.15, 0.2) is 0 Å². The van der Waals surface area contributed by atoms with E-state index in [0.29, 0.717) is 5.03 Å². The molecule has 0 aliphatic carbocycles. The first-order valence-corrected chi connectivity index (χ1v) is 4.29. The van der Waals surface area contributed by atoms with Gasteiger partial charge in [-0.05, 0) is 12.1 Å². The van der Waals surface area contributed by atoms with Gasteiger partial charge in [-0.1, -0.05) is 11.8 Å². The molecule has 0 unspecified atom stereocenters. The fraction of sp³-hybridized carbons (Fsp3) is 0.286. The maximum Gasteiger partial charge on any atom is 0.417 e. The molecule has 13 heavy (non-hydrogen) atoms. The lowest BCUT2D eigenvalue weighted by Gasteiger charge is -2.05. The van der Waals surface area contributed by atoms with Gasteiger partial charge in [0.2, 0.25) is 0 Å². The fourth-order valence-electron chi connectivity index (χ4n) is 0.699. The molecule has 0 aliphatic heterocycles. The van der Waals surface area contributed by atoms with Gasteiger partial charge in [0.05, 0.1) is 16.5 Å². The molecular formula is C7H6F3NOS. The van der Waals surface area contributed by atoms with Crippen molar-refractivity contribution in [1.82, 2.24) is 4.98 Å². The van der Waals surface area contributed by atoms with Crippen LogP contribution in [0.25, 0.3) is 0 Å². The SMILES string of the molecule is OCSc1ccc(C(F)(F)F)cn1. The lowest BCUT2D eigenvalue weighted by atomic mass is 10.3. The van der Waals surface area contributed by atoms with Crippen LogP contribution >= 0.6 is 11.8 Å². The summed E-state index contributed by atoms with van der Waals surface area (Å²) >= 11 is 0.972. The highest BCUT2D eigenvalue weighted by atomic mass is 32.2. The van der Waals surface area contributed by atoms with Gasteiger partial charge in [-0.25, -0.2) is 4.98 Å². The number of pyridine rings is 1. The van der Waals surface area contributed by atoms with Crippen LogP contribution in [0, 0.1) is 0 Å². The molecule has 6 heteroatoms. The second-order valence-corrected chi connectivity index (χ2v) is 3.12. The molecule has 0 bridgehead atoms. The second kappa shape index (κ2) is 3.97. The fourth-order valence-corrected chi connectivity index (χ4v) is 1.12. The summed E-state index contributed by atoms with van der Waals surface area (Å²) in [4.78, 5) is 3.52. The Balaban J connectivity index is 2.81. The molecule has 0 aromatic carbocycles. The third kappa shape index (κ3) is 2.89. The summed E-state index contributed by atoms with van der Waals surface area (Å²) in [6.45, 7) is 0. The Bertz CT molecular complexity index is 272. The quantitative estimate of drug-likeness (QED) is 0.598. The maximum absolute atomic E-state index is 12.0. The number of hydrogen-bond donors (Lipinski definition) is 1. The van der Waals surface area contributed by atoms with Crippen LogP contribution < -0.4 is 0 Å². The molecular weight excluding hydrogens is 203 g/mol. The predicted molar refractivity (Wildman–Crippen MR) is 42.2 cm³/mol. The predicted octanol–water partition coefficient (Wildman–Crippen LogP) is 2.14. The third-order valence-corrected chi connectivity index (χ3v) is 1.94. The molecule has 0 saturated carbocycles. The minimum atomic E-state index is -4.35. The van der Waals surface area contributed by atoms with E-state index in [0.717, 1.165) is 24.0 Å². The van der Waals surface area contributed by atoms with Gasteiger partial charge in [0.1, 0.15) is 0 Å². The Morgan fingerprint density at radius 1 is 1.38 bits per heavy atom. The molecule has 72 valence electrons. The summed E-state index contributed by atoms with van der Waals surface area (Å²) in [5, 5.41) is 8.82. The van der Waals surface area contributed by atoms with Crippen LogP contribution in [0.15, 0.2) is 23.4 Å². The summed E-state index contributed by atoms with van der Waals surface area (Å²) in [5.41, 5.74) is -0.783. The largest absolute Gasteiger partial charge is 0.417 e. The first kappa shape index (κ1) is 10.3. The van der Waals surface area contributed by atoms with Crippen molar-refractivity contribution in [3.05, 3.63) is 23.9 Å². The number of alkyl halides is 3. The number of hydrogen-bond acceptors (Lipinski definition) is 3. The molecule has 0 atom stereocenters. The molecule has 1 N–H and O–H groups in total. The molecule has 0 aliphatic rings. The highest BCUT2D eigenvalue weighted by Crippen LogP contribution is 2.29. The highest BCUT2D eigenvalue weighted by Gasteiger charge is 2.30. The van der Waals surface area contributed by atoms with E-state index >= 15 is 0 Å². The smallest absolute Gasteiger partial charge is 0.385 e. The van der Waals surface area contributed by atoms with Gasteiger partial charge in [-0.15, -0.1) is 0 Å². The summed E-state index contributed by atoms with van der Waals surface area (Å²) in [6, 6.07) is 2.16. The lowest BCUT2D eigenvalue weighted by molar-refractivity contribution is -0.137. The lowest BCUT2D eigenvalue weighted by Crippen LogP contribution is -2.05. The number of rotatable bonds is 2. The summed E-state index contributed by atoms with van der Waals surface area (Å²) in [5.74, 6) is -0.196. The van der Waals surface area contributed by atoms with Crippen LogP contribution in [0.5, 0.6) is 0 Å². The van der Waals surface area contributed by atoms with Crippen molar-refractivity contribution in [3.63, 3.8) is 0 Å². The summed E-state index contributed by atoms with van der Waals surface area (Å²) in [6.07, 6.45) is -3.60. The molecule has 1 aromatic heterocycles. The van der Waals surface area contributed by atoms with Crippen molar-refractivity contribution in [3.8, 4) is 0 Å². The standard InChI is InChI=1S/C7H6F3NOS/c8-7(9,10)5-1-2-6(11-3-5)13-4-12/h1-3,12H,4H2. The summed E-state index contributed by atoms with van der Waals surface area (Å²) < 4.78 is 36.0. The van der Waals surface area contributed by atoms with Crippen molar-refractivity contribution < 1.29 is 18.3 Å². The number of nitrogens with zero attached hydrogens (tertiary/aromatic N) is 1. The van der Waals surface area contributed by atoms with Gasteiger partial charge in [0.25, 0.3) is 0 Å².